The van der Waals surface area contributed by atoms with Crippen molar-refractivity contribution in [3.63, 3.8) is 0 Å². The molecular formula is C18H23N3O6S. The quantitative estimate of drug-likeness (QED) is 0.697. The van der Waals surface area contributed by atoms with E-state index < -0.39 is 17.9 Å². The molecule has 2 aliphatic heterocycles. The van der Waals surface area contributed by atoms with E-state index in [0.717, 1.165) is 6.42 Å². The van der Waals surface area contributed by atoms with Crippen LogP contribution in [0.25, 0.3) is 0 Å². The zero-order valence-electron chi connectivity index (χ0n) is 16.2. The lowest BCUT2D eigenvalue weighted by Crippen LogP contribution is -2.54. The minimum Gasteiger partial charge on any atom is -0.493 e. The van der Waals surface area contributed by atoms with Crippen LogP contribution in [0.3, 0.4) is 0 Å². The Kier molecular flexibility index (Phi) is 5.59. The molecule has 28 heavy (non-hydrogen) atoms. The van der Waals surface area contributed by atoms with E-state index in [9.17, 15) is 14.4 Å². The summed E-state index contributed by atoms with van der Waals surface area (Å²) in [6.45, 7) is 1.96. The molecule has 0 radical (unpaired) electrons. The first-order valence-electron chi connectivity index (χ1n) is 8.71. The summed E-state index contributed by atoms with van der Waals surface area (Å²) in [5.41, 5.74) is 5.02. The number of carbonyl (C=O) groups excluding carboxylic acids is 3. The number of hydrogen-bond acceptors (Lipinski definition) is 7. The van der Waals surface area contributed by atoms with E-state index in [1.807, 2.05) is 6.92 Å². The Labute approximate surface area is 167 Å². The molecule has 3 amide bonds. The Bertz CT molecular complexity index is 792. The highest BCUT2D eigenvalue weighted by Crippen LogP contribution is 2.47. The summed E-state index contributed by atoms with van der Waals surface area (Å²) in [6, 6.07) is 2.36. The lowest BCUT2D eigenvalue weighted by molar-refractivity contribution is -0.138. The Morgan fingerprint density at radius 3 is 2.36 bits per heavy atom. The number of fused-ring (bicyclic) bond motifs is 1. The summed E-state index contributed by atoms with van der Waals surface area (Å²) in [5.74, 6) is 0.492. The highest BCUT2D eigenvalue weighted by atomic mass is 32.2. The second-order valence-electron chi connectivity index (χ2n) is 6.62. The van der Waals surface area contributed by atoms with Crippen LogP contribution in [0, 0.1) is 0 Å². The number of carbonyl (C=O) groups is 3. The summed E-state index contributed by atoms with van der Waals surface area (Å²) in [4.78, 5) is 38.5. The van der Waals surface area contributed by atoms with Crippen LogP contribution in [0.2, 0.25) is 0 Å². The van der Waals surface area contributed by atoms with Crippen molar-refractivity contribution in [2.75, 3.05) is 27.1 Å². The van der Waals surface area contributed by atoms with Crippen molar-refractivity contribution in [2.45, 2.75) is 30.7 Å². The first kappa shape index (κ1) is 20.1. The van der Waals surface area contributed by atoms with Crippen LogP contribution >= 0.6 is 11.8 Å². The van der Waals surface area contributed by atoms with E-state index in [4.69, 9.17) is 14.2 Å². The number of nitrogens with one attached hydrogen (secondary N) is 2. The van der Waals surface area contributed by atoms with Gasteiger partial charge in [-0.3, -0.25) is 25.2 Å². The molecule has 2 N–H and O–H groups in total. The van der Waals surface area contributed by atoms with E-state index in [2.05, 4.69) is 10.9 Å². The minimum atomic E-state index is -0.606. The Hall–Kier alpha value is -2.62. The lowest BCUT2D eigenvalue weighted by atomic mass is 10.1. The van der Waals surface area contributed by atoms with Gasteiger partial charge in [0.1, 0.15) is 6.04 Å². The van der Waals surface area contributed by atoms with Crippen LogP contribution in [0.4, 0.5) is 0 Å². The smallest absolute Gasteiger partial charge is 0.269 e. The molecule has 152 valence electrons. The molecule has 0 spiro atoms. The highest BCUT2D eigenvalue weighted by molar-refractivity contribution is 8.01. The van der Waals surface area contributed by atoms with Gasteiger partial charge in [0, 0.05) is 17.7 Å². The van der Waals surface area contributed by atoms with Gasteiger partial charge in [0.25, 0.3) is 11.8 Å². The molecule has 0 bridgehead atoms. The van der Waals surface area contributed by atoms with E-state index in [0.29, 0.717) is 29.4 Å². The number of nitrogens with zero attached hydrogens (tertiary/aromatic N) is 1. The molecule has 2 atom stereocenters. The standard InChI is InChI=1S/C18H23N3O6S/c1-18-6-5-14(22)21(18)11(9-28-18)17(24)20-19-16(23)10-7-12(25-2)15(27-4)13(8-10)26-3/h7-8,11H,5-6,9H2,1-4H3,(H,19,23)(H,20,24)/t11-,18-/m1/s1. The number of hydrogen-bond donors (Lipinski definition) is 2. The maximum Gasteiger partial charge on any atom is 0.269 e. The summed E-state index contributed by atoms with van der Waals surface area (Å²) in [6.07, 6.45) is 1.16. The van der Waals surface area contributed by atoms with Crippen molar-refractivity contribution in [2.24, 2.45) is 0 Å². The molecule has 2 heterocycles. The average Bonchev–Trinajstić information content (AvgIpc) is 3.20. The first-order chi connectivity index (χ1) is 13.3. The molecule has 0 aromatic heterocycles. The molecule has 1 aromatic rings. The van der Waals surface area contributed by atoms with Gasteiger partial charge < -0.3 is 19.1 Å². The molecule has 0 aliphatic carbocycles. The highest BCUT2D eigenvalue weighted by Gasteiger charge is 2.52. The molecule has 0 saturated carbocycles. The molecule has 2 saturated heterocycles. The molecule has 10 heteroatoms. The molecule has 2 aliphatic rings. The zero-order valence-corrected chi connectivity index (χ0v) is 17.0. The average molecular weight is 409 g/mol. The fourth-order valence-electron chi connectivity index (χ4n) is 3.50. The number of methoxy groups -OCH3 is 3. The number of hydrazine groups is 1. The normalized spacial score (nSPS) is 23.2. The lowest BCUT2D eigenvalue weighted by Gasteiger charge is -2.29. The molecule has 9 nitrogen and oxygen atoms in total. The van der Waals surface area contributed by atoms with Crippen molar-refractivity contribution in [3.8, 4) is 17.2 Å². The number of thioether (sulfide) groups is 1. The third kappa shape index (κ3) is 3.44. The molecule has 3 rings (SSSR count). The Balaban J connectivity index is 1.69. The van der Waals surface area contributed by atoms with Crippen LogP contribution < -0.4 is 25.1 Å². The first-order valence-corrected chi connectivity index (χ1v) is 9.69. The third-order valence-electron chi connectivity index (χ3n) is 4.97. The van der Waals surface area contributed by atoms with Crippen LogP contribution in [0.5, 0.6) is 17.2 Å². The van der Waals surface area contributed by atoms with Gasteiger partial charge in [-0.2, -0.15) is 0 Å². The summed E-state index contributed by atoms with van der Waals surface area (Å²) < 4.78 is 15.7. The fraction of sp³-hybridized carbons (Fsp3) is 0.500. The monoisotopic (exact) mass is 409 g/mol. The van der Waals surface area contributed by atoms with Gasteiger partial charge in [-0.25, -0.2) is 0 Å². The van der Waals surface area contributed by atoms with Crippen molar-refractivity contribution in [3.05, 3.63) is 17.7 Å². The van der Waals surface area contributed by atoms with Gasteiger partial charge in [-0.15, -0.1) is 11.8 Å². The number of amides is 3. The topological polar surface area (TPSA) is 106 Å². The molecule has 0 unspecified atom stereocenters. The number of benzene rings is 1. The Morgan fingerprint density at radius 2 is 1.79 bits per heavy atom. The number of ether oxygens (including phenoxy) is 3. The van der Waals surface area contributed by atoms with E-state index in [-0.39, 0.29) is 16.3 Å². The maximum atomic E-state index is 12.6. The minimum absolute atomic E-state index is 0.0383. The summed E-state index contributed by atoms with van der Waals surface area (Å²) in [7, 11) is 4.36. The van der Waals surface area contributed by atoms with Crippen molar-refractivity contribution >= 4 is 29.5 Å². The molecule has 2 fully saturated rings. The molecular weight excluding hydrogens is 386 g/mol. The van der Waals surface area contributed by atoms with Gasteiger partial charge >= 0.3 is 0 Å². The Morgan fingerprint density at radius 1 is 1.14 bits per heavy atom. The van der Waals surface area contributed by atoms with Crippen molar-refractivity contribution < 1.29 is 28.6 Å². The zero-order chi connectivity index (χ0) is 20.5. The van der Waals surface area contributed by atoms with Crippen LogP contribution in [-0.4, -0.2) is 60.6 Å². The predicted octanol–water partition coefficient (Wildman–Crippen LogP) is 0.927. The van der Waals surface area contributed by atoms with E-state index >= 15 is 0 Å². The molecule has 1 aromatic carbocycles. The van der Waals surface area contributed by atoms with Gasteiger partial charge in [-0.05, 0) is 25.5 Å². The largest absolute Gasteiger partial charge is 0.493 e. The van der Waals surface area contributed by atoms with Crippen molar-refractivity contribution in [1.29, 1.82) is 0 Å². The van der Waals surface area contributed by atoms with Crippen LogP contribution in [0.1, 0.15) is 30.1 Å². The second-order valence-corrected chi connectivity index (χ2v) is 8.12. The van der Waals surface area contributed by atoms with Crippen LogP contribution in [0.15, 0.2) is 12.1 Å². The van der Waals surface area contributed by atoms with E-state index in [1.54, 1.807) is 16.7 Å². The third-order valence-corrected chi connectivity index (χ3v) is 6.48. The number of rotatable bonds is 5. The van der Waals surface area contributed by atoms with Gasteiger partial charge in [0.05, 0.1) is 26.2 Å². The van der Waals surface area contributed by atoms with Crippen molar-refractivity contribution in [1.82, 2.24) is 15.8 Å². The summed E-state index contributed by atoms with van der Waals surface area (Å²) in [5, 5.41) is 0. The van der Waals surface area contributed by atoms with Gasteiger partial charge in [-0.1, -0.05) is 0 Å². The SMILES string of the molecule is COc1cc(C(=O)NNC(=O)[C@H]2CS[C@]3(C)CCC(=O)N23)cc(OC)c1OC. The van der Waals surface area contributed by atoms with Gasteiger partial charge in [0.2, 0.25) is 11.7 Å². The van der Waals surface area contributed by atoms with E-state index in [1.165, 1.54) is 33.5 Å². The summed E-state index contributed by atoms with van der Waals surface area (Å²) >= 11 is 1.58. The second kappa shape index (κ2) is 7.78. The van der Waals surface area contributed by atoms with Crippen LogP contribution in [-0.2, 0) is 9.59 Å². The maximum absolute atomic E-state index is 12.6. The fourth-order valence-corrected chi connectivity index (χ4v) is 4.93. The van der Waals surface area contributed by atoms with Gasteiger partial charge in [0.15, 0.2) is 11.5 Å². The predicted molar refractivity (Wildman–Crippen MR) is 102 cm³/mol.